The molecule has 0 unspecified atom stereocenters. The molecule has 0 aliphatic rings. The van der Waals surface area contributed by atoms with Crippen LogP contribution in [-0.2, 0) is 21.8 Å². The van der Waals surface area contributed by atoms with Gasteiger partial charge in [0.15, 0.2) is 5.03 Å². The molecule has 0 atom stereocenters. The largest absolute Gasteiger partial charge is 0.464 e. The first-order valence-corrected chi connectivity index (χ1v) is 7.30. The molecule has 1 aromatic heterocycles. The van der Waals surface area contributed by atoms with E-state index in [4.69, 9.17) is 10.2 Å². The molecule has 0 aliphatic carbocycles. The first kappa shape index (κ1) is 16.6. The van der Waals surface area contributed by atoms with Crippen molar-refractivity contribution >= 4 is 16.0 Å². The fraction of sp³-hybridized carbons (Fsp3) is 0.545. The molecule has 114 valence electrons. The van der Waals surface area contributed by atoms with Crippen LogP contribution in [0.4, 0.5) is 0 Å². The minimum absolute atomic E-state index is 0.0963. The Morgan fingerprint density at radius 2 is 1.85 bits per heavy atom. The monoisotopic (exact) mass is 306 g/mol. The quantitative estimate of drug-likeness (QED) is 0.612. The standard InChI is InChI=1S/C11H18N2O6S/c1-12-9(11(16)19-2)3-4-10(12)20(17,18)13(5-7-14)6-8-15/h3-4,14-15H,5-8H2,1-2H3. The van der Waals surface area contributed by atoms with Gasteiger partial charge in [-0.1, -0.05) is 0 Å². The number of carbonyl (C=O) groups is 1. The summed E-state index contributed by atoms with van der Waals surface area (Å²) in [6.45, 7) is -1.01. The summed E-state index contributed by atoms with van der Waals surface area (Å²) in [6, 6.07) is 2.62. The van der Waals surface area contributed by atoms with Gasteiger partial charge in [0.25, 0.3) is 10.0 Å². The summed E-state index contributed by atoms with van der Waals surface area (Å²) in [5.74, 6) is -0.648. The smallest absolute Gasteiger partial charge is 0.354 e. The van der Waals surface area contributed by atoms with E-state index in [9.17, 15) is 13.2 Å². The second kappa shape index (κ2) is 6.84. The first-order valence-electron chi connectivity index (χ1n) is 5.86. The van der Waals surface area contributed by atoms with Crippen LogP contribution in [0.15, 0.2) is 17.2 Å². The van der Waals surface area contributed by atoms with Crippen molar-refractivity contribution < 1.29 is 28.2 Å². The molecule has 0 aromatic carbocycles. The van der Waals surface area contributed by atoms with Gasteiger partial charge in [-0.05, 0) is 12.1 Å². The molecule has 1 heterocycles. The molecule has 0 bridgehead atoms. The van der Waals surface area contributed by atoms with Gasteiger partial charge in [0.2, 0.25) is 0 Å². The number of nitrogens with zero attached hydrogens (tertiary/aromatic N) is 2. The minimum Gasteiger partial charge on any atom is -0.464 e. The first-order chi connectivity index (χ1) is 9.39. The Morgan fingerprint density at radius 3 is 2.30 bits per heavy atom. The number of sulfonamides is 1. The Labute approximate surface area is 117 Å². The van der Waals surface area contributed by atoms with Gasteiger partial charge in [-0.3, -0.25) is 0 Å². The molecule has 0 spiro atoms. The van der Waals surface area contributed by atoms with E-state index in [1.807, 2.05) is 0 Å². The highest BCUT2D eigenvalue weighted by molar-refractivity contribution is 7.89. The molecular formula is C11H18N2O6S. The Kier molecular flexibility index (Phi) is 5.69. The Morgan fingerprint density at radius 1 is 1.30 bits per heavy atom. The number of aliphatic hydroxyl groups is 2. The van der Waals surface area contributed by atoms with E-state index in [1.165, 1.54) is 30.9 Å². The van der Waals surface area contributed by atoms with Crippen LogP contribution in [0.1, 0.15) is 10.5 Å². The van der Waals surface area contributed by atoms with Gasteiger partial charge in [0.1, 0.15) is 5.69 Å². The summed E-state index contributed by atoms with van der Waals surface area (Å²) in [5.41, 5.74) is 0.0963. The van der Waals surface area contributed by atoms with E-state index >= 15 is 0 Å². The molecule has 2 N–H and O–H groups in total. The zero-order valence-corrected chi connectivity index (χ0v) is 12.1. The van der Waals surface area contributed by atoms with E-state index in [2.05, 4.69) is 4.74 Å². The molecule has 0 radical (unpaired) electrons. The maximum absolute atomic E-state index is 12.4. The fourth-order valence-corrected chi connectivity index (χ4v) is 3.36. The number of hydrogen-bond acceptors (Lipinski definition) is 6. The Bertz CT molecular complexity index is 559. The van der Waals surface area contributed by atoms with Gasteiger partial charge in [0.05, 0.1) is 20.3 Å². The minimum atomic E-state index is -3.91. The van der Waals surface area contributed by atoms with Crippen LogP contribution in [-0.4, -0.2) is 66.9 Å². The average Bonchev–Trinajstić information content (AvgIpc) is 2.80. The lowest BCUT2D eigenvalue weighted by atomic mass is 10.4. The van der Waals surface area contributed by atoms with Crippen molar-refractivity contribution in [3.8, 4) is 0 Å². The fourth-order valence-electron chi connectivity index (χ4n) is 1.77. The lowest BCUT2D eigenvalue weighted by Crippen LogP contribution is -2.36. The van der Waals surface area contributed by atoms with Crippen molar-refractivity contribution in [2.75, 3.05) is 33.4 Å². The molecule has 0 aliphatic heterocycles. The maximum atomic E-state index is 12.4. The number of hydrogen-bond donors (Lipinski definition) is 2. The lowest BCUT2D eigenvalue weighted by molar-refractivity contribution is 0.0589. The van der Waals surface area contributed by atoms with E-state index in [0.717, 1.165) is 4.31 Å². The highest BCUT2D eigenvalue weighted by atomic mass is 32.2. The third-order valence-electron chi connectivity index (χ3n) is 2.77. The Balaban J connectivity index is 3.21. The van der Waals surface area contributed by atoms with Crippen LogP contribution in [0.3, 0.4) is 0 Å². The van der Waals surface area contributed by atoms with Crippen molar-refractivity contribution in [1.29, 1.82) is 0 Å². The molecule has 0 fully saturated rings. The van der Waals surface area contributed by atoms with E-state index in [1.54, 1.807) is 0 Å². The number of methoxy groups -OCH3 is 1. The molecule has 1 rings (SSSR count). The number of carbonyl (C=O) groups excluding carboxylic acids is 1. The summed E-state index contributed by atoms with van der Waals surface area (Å²) in [5, 5.41) is 17.7. The summed E-state index contributed by atoms with van der Waals surface area (Å²) in [7, 11) is -1.28. The average molecular weight is 306 g/mol. The van der Waals surface area contributed by atoms with Crippen LogP contribution in [0, 0.1) is 0 Å². The highest BCUT2D eigenvalue weighted by Crippen LogP contribution is 2.18. The molecule has 9 heteroatoms. The third-order valence-corrected chi connectivity index (χ3v) is 4.76. The topological polar surface area (TPSA) is 109 Å². The van der Waals surface area contributed by atoms with E-state index in [0.29, 0.717) is 0 Å². The van der Waals surface area contributed by atoms with Gasteiger partial charge < -0.3 is 19.5 Å². The Hall–Kier alpha value is -1.42. The van der Waals surface area contributed by atoms with Crippen molar-refractivity contribution in [3.05, 3.63) is 17.8 Å². The maximum Gasteiger partial charge on any atom is 0.354 e. The summed E-state index contributed by atoms with van der Waals surface area (Å²) >= 11 is 0. The normalized spacial score (nSPS) is 11.8. The third kappa shape index (κ3) is 3.18. The second-order valence-electron chi connectivity index (χ2n) is 3.96. The van der Waals surface area contributed by atoms with Gasteiger partial charge in [-0.15, -0.1) is 0 Å². The highest BCUT2D eigenvalue weighted by Gasteiger charge is 2.28. The molecule has 0 saturated heterocycles. The van der Waals surface area contributed by atoms with Crippen molar-refractivity contribution in [3.63, 3.8) is 0 Å². The zero-order chi connectivity index (χ0) is 15.3. The molecule has 0 amide bonds. The van der Waals surface area contributed by atoms with E-state index < -0.39 is 16.0 Å². The molecule has 0 saturated carbocycles. The van der Waals surface area contributed by atoms with Crippen LogP contribution in [0.25, 0.3) is 0 Å². The van der Waals surface area contributed by atoms with Crippen molar-refractivity contribution in [2.45, 2.75) is 5.03 Å². The van der Waals surface area contributed by atoms with E-state index in [-0.39, 0.29) is 37.0 Å². The predicted octanol–water partition coefficient (Wildman–Crippen LogP) is -1.21. The molecule has 20 heavy (non-hydrogen) atoms. The van der Waals surface area contributed by atoms with Gasteiger partial charge >= 0.3 is 5.97 Å². The number of ether oxygens (including phenoxy) is 1. The summed E-state index contributed by atoms with van der Waals surface area (Å²) in [6.07, 6.45) is 0. The van der Waals surface area contributed by atoms with Gasteiger partial charge in [-0.2, -0.15) is 4.31 Å². The SMILES string of the molecule is COC(=O)c1ccc(S(=O)(=O)N(CCO)CCO)n1C. The molecular weight excluding hydrogens is 288 g/mol. The predicted molar refractivity (Wildman–Crippen MR) is 69.7 cm³/mol. The van der Waals surface area contributed by atoms with Crippen LogP contribution in [0.5, 0.6) is 0 Å². The molecule has 1 aromatic rings. The summed E-state index contributed by atoms with van der Waals surface area (Å²) in [4.78, 5) is 11.5. The van der Waals surface area contributed by atoms with Crippen molar-refractivity contribution in [2.24, 2.45) is 7.05 Å². The lowest BCUT2D eigenvalue weighted by Gasteiger charge is -2.20. The number of aromatic nitrogens is 1. The zero-order valence-electron chi connectivity index (χ0n) is 11.3. The van der Waals surface area contributed by atoms with Gasteiger partial charge in [0, 0.05) is 20.1 Å². The summed E-state index contributed by atoms with van der Waals surface area (Å²) < 4.78 is 31.5. The molecule has 8 nitrogen and oxygen atoms in total. The van der Waals surface area contributed by atoms with Gasteiger partial charge in [-0.25, -0.2) is 13.2 Å². The number of rotatable bonds is 7. The number of esters is 1. The van der Waals surface area contributed by atoms with Crippen LogP contribution >= 0.6 is 0 Å². The van der Waals surface area contributed by atoms with Crippen LogP contribution < -0.4 is 0 Å². The second-order valence-corrected chi connectivity index (χ2v) is 5.84. The number of aliphatic hydroxyl groups excluding tert-OH is 2. The van der Waals surface area contributed by atoms with Crippen molar-refractivity contribution in [1.82, 2.24) is 8.87 Å². The van der Waals surface area contributed by atoms with Crippen LogP contribution in [0.2, 0.25) is 0 Å².